The van der Waals surface area contributed by atoms with Crippen LogP contribution in [0.1, 0.15) is 0 Å². The fraction of sp³-hybridized carbons (Fsp3) is 0.176. The summed E-state index contributed by atoms with van der Waals surface area (Å²) >= 11 is 12.9. The Balaban J connectivity index is 1.84. The number of para-hydroxylation sites is 1. The van der Waals surface area contributed by atoms with E-state index in [1.165, 1.54) is 35.8 Å². The topological polar surface area (TPSA) is 49.4 Å². The summed E-state index contributed by atoms with van der Waals surface area (Å²) in [6.45, 7) is -0.102. The number of halogens is 3. The highest BCUT2D eigenvalue weighted by molar-refractivity contribution is 8.00. The van der Waals surface area contributed by atoms with E-state index in [0.29, 0.717) is 15.6 Å². The fourth-order valence-electron chi connectivity index (χ4n) is 1.88. The number of rotatable bonds is 6. The third-order valence-corrected chi connectivity index (χ3v) is 4.81. The summed E-state index contributed by atoms with van der Waals surface area (Å²) in [4.78, 5) is 26.1. The van der Waals surface area contributed by atoms with Crippen molar-refractivity contribution in [2.75, 3.05) is 24.7 Å². The van der Waals surface area contributed by atoms with Gasteiger partial charge in [0.05, 0.1) is 28.0 Å². The molecule has 4 nitrogen and oxygen atoms in total. The van der Waals surface area contributed by atoms with Gasteiger partial charge in [0.25, 0.3) is 0 Å². The molecule has 0 radical (unpaired) electrons. The minimum Gasteiger partial charge on any atom is -0.336 e. The molecule has 0 aliphatic rings. The van der Waals surface area contributed by atoms with Crippen molar-refractivity contribution in [3.05, 3.63) is 58.3 Å². The van der Waals surface area contributed by atoms with E-state index in [1.807, 2.05) is 0 Å². The zero-order valence-corrected chi connectivity index (χ0v) is 15.6. The van der Waals surface area contributed by atoms with Gasteiger partial charge in [0.2, 0.25) is 11.8 Å². The van der Waals surface area contributed by atoms with E-state index in [-0.39, 0.29) is 29.1 Å². The first-order valence-corrected chi connectivity index (χ1v) is 8.97. The molecule has 0 bridgehead atoms. The van der Waals surface area contributed by atoms with Gasteiger partial charge in [0.15, 0.2) is 0 Å². The summed E-state index contributed by atoms with van der Waals surface area (Å²) < 4.78 is 13.1. The Morgan fingerprint density at radius 1 is 1.16 bits per heavy atom. The van der Waals surface area contributed by atoms with E-state index >= 15 is 0 Å². The number of thioether (sulfide) groups is 1. The highest BCUT2D eigenvalue weighted by atomic mass is 35.5. The van der Waals surface area contributed by atoms with Crippen molar-refractivity contribution in [2.45, 2.75) is 4.90 Å². The molecule has 2 aromatic rings. The molecule has 1 N–H and O–H groups in total. The second kappa shape index (κ2) is 9.08. The van der Waals surface area contributed by atoms with Gasteiger partial charge in [0, 0.05) is 11.9 Å². The van der Waals surface area contributed by atoms with Crippen LogP contribution in [0.2, 0.25) is 10.0 Å². The number of nitrogens with one attached hydrogen (secondary N) is 1. The van der Waals surface area contributed by atoms with Gasteiger partial charge in [-0.1, -0.05) is 35.3 Å². The Labute approximate surface area is 159 Å². The predicted molar refractivity (Wildman–Crippen MR) is 99.9 cm³/mol. The average Bonchev–Trinajstić information content (AvgIpc) is 2.57. The minimum atomic E-state index is -0.509. The van der Waals surface area contributed by atoms with Gasteiger partial charge in [-0.3, -0.25) is 9.59 Å². The van der Waals surface area contributed by atoms with Gasteiger partial charge in [-0.15, -0.1) is 11.8 Å². The SMILES string of the molecule is CN(CC(=O)Nc1ccccc1Cl)C(=O)CSc1ccc(F)c(Cl)c1. The first kappa shape index (κ1) is 19.6. The molecule has 0 spiro atoms. The molecule has 132 valence electrons. The van der Waals surface area contributed by atoms with Crippen LogP contribution in [0.3, 0.4) is 0 Å². The van der Waals surface area contributed by atoms with Crippen LogP contribution in [0, 0.1) is 5.82 Å². The summed E-state index contributed by atoms with van der Waals surface area (Å²) in [6.07, 6.45) is 0. The molecule has 0 heterocycles. The number of carbonyl (C=O) groups excluding carboxylic acids is 2. The first-order valence-electron chi connectivity index (χ1n) is 7.23. The molecule has 0 fully saturated rings. The van der Waals surface area contributed by atoms with Crippen LogP contribution < -0.4 is 5.32 Å². The molecule has 25 heavy (non-hydrogen) atoms. The first-order chi connectivity index (χ1) is 11.9. The van der Waals surface area contributed by atoms with Crippen LogP contribution >= 0.6 is 35.0 Å². The third kappa shape index (κ3) is 5.92. The number of amides is 2. The number of hydrogen-bond acceptors (Lipinski definition) is 3. The molecule has 0 aliphatic carbocycles. The Kier molecular flexibility index (Phi) is 7.11. The predicted octanol–water partition coefficient (Wildman–Crippen LogP) is 4.32. The normalized spacial score (nSPS) is 10.4. The van der Waals surface area contributed by atoms with Crippen molar-refractivity contribution in [2.24, 2.45) is 0 Å². The molecular formula is C17H15Cl2FN2O2S. The summed E-state index contributed by atoms with van der Waals surface area (Å²) in [6, 6.07) is 11.1. The van der Waals surface area contributed by atoms with Crippen LogP contribution in [0.4, 0.5) is 10.1 Å². The van der Waals surface area contributed by atoms with Crippen molar-refractivity contribution in [1.82, 2.24) is 4.90 Å². The Morgan fingerprint density at radius 2 is 1.88 bits per heavy atom. The second-order valence-electron chi connectivity index (χ2n) is 5.14. The largest absolute Gasteiger partial charge is 0.336 e. The molecule has 0 aromatic heterocycles. The quantitative estimate of drug-likeness (QED) is 0.734. The van der Waals surface area contributed by atoms with Crippen molar-refractivity contribution >= 4 is 52.5 Å². The van der Waals surface area contributed by atoms with E-state index in [9.17, 15) is 14.0 Å². The molecule has 8 heteroatoms. The fourth-order valence-corrected chi connectivity index (χ4v) is 3.18. The third-order valence-electron chi connectivity index (χ3n) is 3.21. The monoisotopic (exact) mass is 400 g/mol. The molecule has 0 unspecified atom stereocenters. The average molecular weight is 401 g/mol. The molecule has 0 aliphatic heterocycles. The summed E-state index contributed by atoms with van der Waals surface area (Å²) in [5.74, 6) is -0.984. The molecule has 2 aromatic carbocycles. The smallest absolute Gasteiger partial charge is 0.244 e. The van der Waals surface area contributed by atoms with Crippen LogP contribution in [0.15, 0.2) is 47.4 Å². The van der Waals surface area contributed by atoms with Crippen LogP contribution in [0.25, 0.3) is 0 Å². The van der Waals surface area contributed by atoms with Crippen molar-refractivity contribution in [1.29, 1.82) is 0 Å². The van der Waals surface area contributed by atoms with Gasteiger partial charge < -0.3 is 10.2 Å². The van der Waals surface area contributed by atoms with Gasteiger partial charge >= 0.3 is 0 Å². The lowest BCUT2D eigenvalue weighted by Crippen LogP contribution is -2.36. The zero-order chi connectivity index (χ0) is 18.4. The lowest BCUT2D eigenvalue weighted by molar-refractivity contribution is -0.131. The van der Waals surface area contributed by atoms with E-state index in [0.717, 1.165) is 0 Å². The number of benzene rings is 2. The Morgan fingerprint density at radius 3 is 2.56 bits per heavy atom. The Hall–Kier alpha value is -1.76. The molecular weight excluding hydrogens is 386 g/mol. The van der Waals surface area contributed by atoms with Gasteiger partial charge in [-0.2, -0.15) is 0 Å². The van der Waals surface area contributed by atoms with Crippen molar-refractivity contribution in [3.63, 3.8) is 0 Å². The van der Waals surface area contributed by atoms with Crippen molar-refractivity contribution < 1.29 is 14.0 Å². The second-order valence-corrected chi connectivity index (χ2v) is 7.01. The van der Waals surface area contributed by atoms with Crippen molar-refractivity contribution in [3.8, 4) is 0 Å². The zero-order valence-electron chi connectivity index (χ0n) is 13.3. The molecule has 0 atom stereocenters. The molecule has 2 rings (SSSR count). The Bertz CT molecular complexity index is 789. The maximum Gasteiger partial charge on any atom is 0.244 e. The van der Waals surface area contributed by atoms with E-state index in [4.69, 9.17) is 23.2 Å². The van der Waals surface area contributed by atoms with Gasteiger partial charge in [-0.05, 0) is 30.3 Å². The lowest BCUT2D eigenvalue weighted by Gasteiger charge is -2.17. The van der Waals surface area contributed by atoms with Crippen LogP contribution in [-0.4, -0.2) is 36.1 Å². The van der Waals surface area contributed by atoms with Gasteiger partial charge in [0.1, 0.15) is 5.82 Å². The summed E-state index contributed by atoms with van der Waals surface area (Å²) in [5, 5.41) is 3.08. The molecule has 0 saturated heterocycles. The number of anilines is 1. The number of likely N-dealkylation sites (N-methyl/N-ethyl adjacent to an activating group) is 1. The minimum absolute atomic E-state index is 0.00456. The number of hydrogen-bond donors (Lipinski definition) is 1. The molecule has 2 amide bonds. The number of nitrogens with zero attached hydrogens (tertiary/aromatic N) is 1. The highest BCUT2D eigenvalue weighted by Gasteiger charge is 2.14. The highest BCUT2D eigenvalue weighted by Crippen LogP contribution is 2.24. The lowest BCUT2D eigenvalue weighted by atomic mass is 10.3. The maximum absolute atomic E-state index is 13.1. The van der Waals surface area contributed by atoms with Crippen LogP contribution in [-0.2, 0) is 9.59 Å². The standard InChI is InChI=1S/C17H15Cl2FN2O2S/c1-22(9-16(23)21-15-5-3-2-4-12(15)18)17(24)10-25-11-6-7-14(20)13(19)8-11/h2-8H,9-10H2,1H3,(H,21,23). The van der Waals surface area contributed by atoms with Crippen LogP contribution in [0.5, 0.6) is 0 Å². The van der Waals surface area contributed by atoms with E-state index in [1.54, 1.807) is 30.3 Å². The summed E-state index contributed by atoms with van der Waals surface area (Å²) in [5.41, 5.74) is 0.491. The number of carbonyl (C=O) groups is 2. The summed E-state index contributed by atoms with van der Waals surface area (Å²) in [7, 11) is 1.53. The maximum atomic E-state index is 13.1. The van der Waals surface area contributed by atoms with Gasteiger partial charge in [-0.25, -0.2) is 4.39 Å². The molecule has 0 saturated carbocycles. The van der Waals surface area contributed by atoms with E-state index < -0.39 is 5.82 Å². The van der Waals surface area contributed by atoms with E-state index in [2.05, 4.69) is 5.32 Å².